The maximum absolute atomic E-state index is 9.65. The Morgan fingerprint density at radius 1 is 1.05 bits per heavy atom. The fraction of sp³-hybridized carbons (Fsp3) is 0.250. The van der Waals surface area contributed by atoms with E-state index in [9.17, 15) is 5.11 Å². The van der Waals surface area contributed by atoms with Crippen molar-refractivity contribution in [1.82, 2.24) is 5.32 Å². The van der Waals surface area contributed by atoms with Crippen LogP contribution in [0.3, 0.4) is 0 Å². The van der Waals surface area contributed by atoms with Crippen molar-refractivity contribution < 1.29 is 9.84 Å². The number of phenolic OH excluding ortho intramolecular Hbond substituents is 1. The molecule has 21 heavy (non-hydrogen) atoms. The van der Waals surface area contributed by atoms with Crippen molar-refractivity contribution in [3.8, 4) is 11.5 Å². The zero-order valence-corrected chi connectivity index (χ0v) is 14.7. The number of para-hydroxylation sites is 1. The molecule has 112 valence electrons. The first-order valence-electron chi connectivity index (χ1n) is 6.72. The number of hydrogen-bond acceptors (Lipinski definition) is 3. The Hall–Kier alpha value is -1.04. The molecule has 0 radical (unpaired) electrons. The summed E-state index contributed by atoms with van der Waals surface area (Å²) in [6.07, 6.45) is 0.940. The first kappa shape index (κ1) is 16.3. The molecule has 0 heterocycles. The lowest BCUT2D eigenvalue weighted by molar-refractivity contribution is 0.308. The van der Waals surface area contributed by atoms with E-state index in [0.717, 1.165) is 30.8 Å². The van der Waals surface area contributed by atoms with Gasteiger partial charge in [0, 0.05) is 6.54 Å². The van der Waals surface area contributed by atoms with Crippen LogP contribution < -0.4 is 10.1 Å². The number of nitrogens with one attached hydrogen (secondary N) is 1. The Morgan fingerprint density at radius 3 is 2.38 bits per heavy atom. The molecule has 0 aliphatic heterocycles. The molecule has 0 saturated heterocycles. The van der Waals surface area contributed by atoms with Gasteiger partial charge in [0.1, 0.15) is 11.5 Å². The molecule has 2 aromatic rings. The lowest BCUT2D eigenvalue weighted by Crippen LogP contribution is -2.17. The minimum absolute atomic E-state index is 0.231. The van der Waals surface area contributed by atoms with E-state index in [1.54, 1.807) is 0 Å². The van der Waals surface area contributed by atoms with Gasteiger partial charge in [-0.15, -0.1) is 0 Å². The summed E-state index contributed by atoms with van der Waals surface area (Å²) in [4.78, 5) is 0. The highest BCUT2D eigenvalue weighted by Crippen LogP contribution is 2.33. The molecule has 0 saturated carbocycles. The van der Waals surface area contributed by atoms with E-state index in [1.165, 1.54) is 0 Å². The summed E-state index contributed by atoms with van der Waals surface area (Å²) in [5.74, 6) is 1.14. The van der Waals surface area contributed by atoms with E-state index in [-0.39, 0.29) is 5.75 Å². The molecule has 3 nitrogen and oxygen atoms in total. The number of halogens is 2. The van der Waals surface area contributed by atoms with E-state index in [0.29, 0.717) is 15.6 Å². The number of hydrogen-bond donors (Lipinski definition) is 2. The zero-order valence-electron chi connectivity index (χ0n) is 11.5. The molecule has 0 unspecified atom stereocenters. The van der Waals surface area contributed by atoms with Crippen LogP contribution in [-0.2, 0) is 6.54 Å². The second-order valence-corrected chi connectivity index (χ2v) is 6.31. The van der Waals surface area contributed by atoms with E-state index >= 15 is 0 Å². The maximum Gasteiger partial charge on any atom is 0.143 e. The van der Waals surface area contributed by atoms with Gasteiger partial charge >= 0.3 is 0 Å². The first-order chi connectivity index (χ1) is 10.2. The Labute approximate surface area is 141 Å². The molecule has 0 aliphatic rings. The molecule has 5 heteroatoms. The van der Waals surface area contributed by atoms with E-state index in [1.807, 2.05) is 42.5 Å². The summed E-state index contributed by atoms with van der Waals surface area (Å²) in [5, 5.41) is 13.0. The minimum Gasteiger partial charge on any atom is -0.506 e. The van der Waals surface area contributed by atoms with Crippen LogP contribution in [0.1, 0.15) is 12.0 Å². The van der Waals surface area contributed by atoms with Crippen LogP contribution in [0.5, 0.6) is 11.5 Å². The third-order valence-corrected chi connectivity index (χ3v) is 4.12. The summed E-state index contributed by atoms with van der Waals surface area (Å²) >= 11 is 6.66. The number of phenols is 1. The molecule has 0 atom stereocenters. The van der Waals surface area contributed by atoms with Crippen molar-refractivity contribution >= 4 is 31.9 Å². The van der Waals surface area contributed by atoms with Crippen molar-refractivity contribution in [3.63, 3.8) is 0 Å². The average Bonchev–Trinajstić information content (AvgIpc) is 2.49. The van der Waals surface area contributed by atoms with Gasteiger partial charge in [-0.2, -0.15) is 0 Å². The third-order valence-electron chi connectivity index (χ3n) is 2.92. The number of rotatable bonds is 7. The Kier molecular flexibility index (Phi) is 6.54. The fourth-order valence-corrected chi connectivity index (χ4v) is 3.14. The summed E-state index contributed by atoms with van der Waals surface area (Å²) in [7, 11) is 0. The van der Waals surface area contributed by atoms with Gasteiger partial charge in [0.05, 0.1) is 15.6 Å². The van der Waals surface area contributed by atoms with Crippen LogP contribution in [0.25, 0.3) is 0 Å². The van der Waals surface area contributed by atoms with Gasteiger partial charge < -0.3 is 15.2 Å². The molecule has 2 N–H and O–H groups in total. The lowest BCUT2D eigenvalue weighted by atomic mass is 10.2. The molecular weight excluding hydrogens is 398 g/mol. The Morgan fingerprint density at radius 2 is 1.71 bits per heavy atom. The standard InChI is InChI=1S/C16H17Br2NO2/c17-14-9-12(10-15(18)16(14)20)11-19-7-4-8-21-13-5-2-1-3-6-13/h1-3,5-6,9-10,19-20H,4,7-8,11H2. The van der Waals surface area contributed by atoms with Crippen LogP contribution in [0.4, 0.5) is 0 Å². The lowest BCUT2D eigenvalue weighted by Gasteiger charge is -2.09. The zero-order chi connectivity index (χ0) is 15.1. The Balaban J connectivity index is 1.66. The highest BCUT2D eigenvalue weighted by Gasteiger charge is 2.05. The predicted molar refractivity (Wildman–Crippen MR) is 91.8 cm³/mol. The molecule has 0 amide bonds. The van der Waals surface area contributed by atoms with Crippen molar-refractivity contribution in [3.05, 3.63) is 57.0 Å². The molecular formula is C16H17Br2NO2. The highest BCUT2D eigenvalue weighted by molar-refractivity contribution is 9.11. The van der Waals surface area contributed by atoms with Crippen LogP contribution in [0, 0.1) is 0 Å². The van der Waals surface area contributed by atoms with E-state index in [2.05, 4.69) is 37.2 Å². The molecule has 0 bridgehead atoms. The van der Waals surface area contributed by atoms with E-state index in [4.69, 9.17) is 4.74 Å². The minimum atomic E-state index is 0.231. The van der Waals surface area contributed by atoms with Crippen molar-refractivity contribution in [1.29, 1.82) is 0 Å². The number of ether oxygens (including phenoxy) is 1. The number of aromatic hydroxyl groups is 1. The second-order valence-electron chi connectivity index (χ2n) is 4.60. The molecule has 2 rings (SSSR count). The largest absolute Gasteiger partial charge is 0.506 e. The SMILES string of the molecule is Oc1c(Br)cc(CNCCCOc2ccccc2)cc1Br. The Bertz CT molecular complexity index is 553. The van der Waals surface area contributed by atoms with Crippen molar-refractivity contribution in [2.75, 3.05) is 13.2 Å². The molecule has 2 aromatic carbocycles. The van der Waals surface area contributed by atoms with Gasteiger partial charge in [-0.1, -0.05) is 18.2 Å². The van der Waals surface area contributed by atoms with Crippen LogP contribution in [0.15, 0.2) is 51.4 Å². The van der Waals surface area contributed by atoms with Gasteiger partial charge in [-0.3, -0.25) is 0 Å². The normalized spacial score (nSPS) is 10.6. The van der Waals surface area contributed by atoms with Crippen LogP contribution in [-0.4, -0.2) is 18.3 Å². The quantitative estimate of drug-likeness (QED) is 0.656. The third kappa shape index (κ3) is 5.34. The first-order valence-corrected chi connectivity index (χ1v) is 8.31. The average molecular weight is 415 g/mol. The number of benzene rings is 2. The molecule has 0 spiro atoms. The summed E-state index contributed by atoms with van der Waals surface area (Å²) in [6.45, 7) is 2.33. The van der Waals surface area contributed by atoms with Gasteiger partial charge in [0.2, 0.25) is 0 Å². The van der Waals surface area contributed by atoms with Gasteiger partial charge in [-0.25, -0.2) is 0 Å². The monoisotopic (exact) mass is 413 g/mol. The summed E-state index contributed by atoms with van der Waals surface area (Å²) in [5.41, 5.74) is 1.11. The van der Waals surface area contributed by atoms with Crippen LogP contribution >= 0.6 is 31.9 Å². The van der Waals surface area contributed by atoms with Crippen molar-refractivity contribution in [2.45, 2.75) is 13.0 Å². The fourth-order valence-electron chi connectivity index (χ4n) is 1.86. The smallest absolute Gasteiger partial charge is 0.143 e. The van der Waals surface area contributed by atoms with Gasteiger partial charge in [-0.05, 0) is 74.7 Å². The second kappa shape index (κ2) is 8.41. The molecule has 0 fully saturated rings. The molecule has 0 aromatic heterocycles. The highest BCUT2D eigenvalue weighted by atomic mass is 79.9. The predicted octanol–water partition coefficient (Wildman–Crippen LogP) is 4.48. The van der Waals surface area contributed by atoms with Crippen LogP contribution in [0.2, 0.25) is 0 Å². The van der Waals surface area contributed by atoms with Gasteiger partial charge in [0.25, 0.3) is 0 Å². The maximum atomic E-state index is 9.65. The summed E-state index contributed by atoms with van der Waals surface area (Å²) in [6, 6.07) is 13.6. The van der Waals surface area contributed by atoms with Gasteiger partial charge in [0.15, 0.2) is 0 Å². The van der Waals surface area contributed by atoms with Crippen molar-refractivity contribution in [2.24, 2.45) is 0 Å². The van der Waals surface area contributed by atoms with E-state index < -0.39 is 0 Å². The topological polar surface area (TPSA) is 41.5 Å². The summed E-state index contributed by atoms with van der Waals surface area (Å²) < 4.78 is 7.02. The molecule has 0 aliphatic carbocycles.